The topological polar surface area (TPSA) is 53.9 Å². The first-order valence-corrected chi connectivity index (χ1v) is 10.0. The molecule has 1 N–H and O–H groups in total. The number of likely N-dealkylation sites (N-methyl/N-ethyl adjacent to an activating group) is 1. The van der Waals surface area contributed by atoms with E-state index in [1.807, 2.05) is 43.1 Å². The van der Waals surface area contributed by atoms with Crippen LogP contribution in [-0.2, 0) is 17.8 Å². The SMILES string of the molecule is Cc1cccc(-c2n[nH]c(=S)n2CC(=O)N(C)[C@@H]2CCCc3ccccc32)c1. The average Bonchev–Trinajstić information content (AvgIpc) is 3.07. The first kappa shape index (κ1) is 18.6. The van der Waals surface area contributed by atoms with Gasteiger partial charge in [-0.1, -0.05) is 48.0 Å². The molecule has 0 saturated carbocycles. The van der Waals surface area contributed by atoms with E-state index in [0.717, 1.165) is 30.4 Å². The van der Waals surface area contributed by atoms with Gasteiger partial charge in [0.2, 0.25) is 5.91 Å². The van der Waals surface area contributed by atoms with E-state index in [9.17, 15) is 4.79 Å². The van der Waals surface area contributed by atoms with Crippen molar-refractivity contribution in [2.24, 2.45) is 0 Å². The number of carbonyl (C=O) groups is 1. The lowest BCUT2D eigenvalue weighted by Crippen LogP contribution is -2.35. The number of aromatic nitrogens is 3. The van der Waals surface area contributed by atoms with E-state index in [4.69, 9.17) is 12.2 Å². The number of carbonyl (C=O) groups excluding carboxylic acids is 1. The standard InChI is InChI=1S/C22H24N4OS/c1-15-7-5-10-17(13-15)21-23-24-22(28)26(21)14-20(27)25(2)19-12-6-9-16-8-3-4-11-18(16)19/h3-5,7-8,10-11,13,19H,6,9,12,14H2,1-2H3,(H,24,28)/t19-/m1/s1. The number of fused-ring (bicyclic) bond motifs is 1. The van der Waals surface area contributed by atoms with Gasteiger partial charge in [0.15, 0.2) is 10.6 Å². The number of H-pyrrole nitrogens is 1. The Kier molecular flexibility index (Phi) is 5.13. The van der Waals surface area contributed by atoms with Gasteiger partial charge in [0.1, 0.15) is 6.54 Å². The maximum absolute atomic E-state index is 13.1. The molecule has 1 aromatic heterocycles. The third-order valence-corrected chi connectivity index (χ3v) is 5.84. The van der Waals surface area contributed by atoms with Gasteiger partial charge in [-0.25, -0.2) is 0 Å². The molecule has 5 nitrogen and oxygen atoms in total. The Morgan fingerprint density at radius 3 is 2.93 bits per heavy atom. The zero-order valence-corrected chi connectivity index (χ0v) is 17.0. The van der Waals surface area contributed by atoms with Crippen molar-refractivity contribution in [2.45, 2.75) is 38.8 Å². The summed E-state index contributed by atoms with van der Waals surface area (Å²) in [7, 11) is 1.89. The Labute approximate surface area is 170 Å². The molecule has 0 saturated heterocycles. The second-order valence-corrected chi connectivity index (χ2v) is 7.81. The van der Waals surface area contributed by atoms with Crippen LogP contribution in [0.15, 0.2) is 48.5 Å². The summed E-state index contributed by atoms with van der Waals surface area (Å²) in [4.78, 5) is 15.0. The number of nitrogens with one attached hydrogen (secondary N) is 1. The fourth-order valence-electron chi connectivity index (χ4n) is 4.02. The molecule has 4 rings (SSSR count). The summed E-state index contributed by atoms with van der Waals surface area (Å²) >= 11 is 5.40. The quantitative estimate of drug-likeness (QED) is 0.667. The Balaban J connectivity index is 1.60. The molecule has 6 heteroatoms. The van der Waals surface area contributed by atoms with E-state index >= 15 is 0 Å². The second kappa shape index (κ2) is 7.72. The van der Waals surface area contributed by atoms with Crippen molar-refractivity contribution in [3.8, 4) is 11.4 Å². The average molecular weight is 393 g/mol. The van der Waals surface area contributed by atoms with Crippen LogP contribution in [0.4, 0.5) is 0 Å². The number of nitrogens with zero attached hydrogens (tertiary/aromatic N) is 3. The summed E-state index contributed by atoms with van der Waals surface area (Å²) in [6.45, 7) is 2.21. The molecular formula is C22H24N4OS. The zero-order chi connectivity index (χ0) is 19.7. The third-order valence-electron chi connectivity index (χ3n) is 5.53. The molecule has 0 fully saturated rings. The van der Waals surface area contributed by atoms with Gasteiger partial charge in [0.05, 0.1) is 6.04 Å². The highest BCUT2D eigenvalue weighted by atomic mass is 32.1. The summed E-state index contributed by atoms with van der Waals surface area (Å²) in [6.07, 6.45) is 3.17. The van der Waals surface area contributed by atoms with Gasteiger partial charge >= 0.3 is 0 Å². The fourth-order valence-corrected chi connectivity index (χ4v) is 4.22. The van der Waals surface area contributed by atoms with Gasteiger partial charge in [-0.3, -0.25) is 14.5 Å². The van der Waals surface area contributed by atoms with E-state index < -0.39 is 0 Å². The predicted octanol–water partition coefficient (Wildman–Crippen LogP) is 4.45. The maximum atomic E-state index is 13.1. The molecule has 0 aliphatic heterocycles. The van der Waals surface area contributed by atoms with Crippen LogP contribution in [0.3, 0.4) is 0 Å². The lowest BCUT2D eigenvalue weighted by Gasteiger charge is -2.33. The van der Waals surface area contributed by atoms with Gasteiger partial charge in [0.25, 0.3) is 0 Å². The van der Waals surface area contributed by atoms with Crippen molar-refractivity contribution in [2.75, 3.05) is 7.05 Å². The number of benzene rings is 2. The number of rotatable bonds is 4. The molecule has 0 bridgehead atoms. The van der Waals surface area contributed by atoms with E-state index in [-0.39, 0.29) is 18.5 Å². The number of amides is 1. The molecule has 28 heavy (non-hydrogen) atoms. The molecule has 144 valence electrons. The van der Waals surface area contributed by atoms with Gasteiger partial charge in [-0.15, -0.1) is 0 Å². The molecule has 1 aliphatic rings. The van der Waals surface area contributed by atoms with Crippen LogP contribution in [0.2, 0.25) is 0 Å². The van der Waals surface area contributed by atoms with E-state index in [2.05, 4.69) is 34.5 Å². The fraction of sp³-hybridized carbons (Fsp3) is 0.318. The van der Waals surface area contributed by atoms with Gasteiger partial charge < -0.3 is 4.90 Å². The second-order valence-electron chi connectivity index (χ2n) is 7.42. The van der Waals surface area contributed by atoms with Gasteiger partial charge in [-0.2, -0.15) is 5.10 Å². The van der Waals surface area contributed by atoms with Crippen LogP contribution in [-0.4, -0.2) is 32.6 Å². The summed E-state index contributed by atoms with van der Waals surface area (Å²) < 4.78 is 2.25. The highest BCUT2D eigenvalue weighted by molar-refractivity contribution is 7.71. The Hall–Kier alpha value is -2.73. The van der Waals surface area contributed by atoms with Crippen molar-refractivity contribution < 1.29 is 4.79 Å². The molecule has 1 heterocycles. The molecule has 0 unspecified atom stereocenters. The largest absolute Gasteiger partial charge is 0.337 e. The van der Waals surface area contributed by atoms with Crippen molar-refractivity contribution in [3.05, 3.63) is 70.0 Å². The highest BCUT2D eigenvalue weighted by Crippen LogP contribution is 2.33. The number of aryl methyl sites for hydroxylation is 2. The number of aromatic amines is 1. The van der Waals surface area contributed by atoms with Crippen molar-refractivity contribution in [3.63, 3.8) is 0 Å². The van der Waals surface area contributed by atoms with Crippen LogP contribution in [0.1, 0.15) is 35.6 Å². The summed E-state index contributed by atoms with van der Waals surface area (Å²) in [6, 6.07) is 16.6. The summed E-state index contributed by atoms with van der Waals surface area (Å²) in [5.41, 5.74) is 4.70. The normalized spacial score (nSPS) is 15.9. The van der Waals surface area contributed by atoms with E-state index in [1.165, 1.54) is 11.1 Å². The van der Waals surface area contributed by atoms with E-state index in [1.54, 1.807) is 4.57 Å². The lowest BCUT2D eigenvalue weighted by atomic mass is 9.87. The van der Waals surface area contributed by atoms with Crippen LogP contribution < -0.4 is 0 Å². The molecular weight excluding hydrogens is 368 g/mol. The molecule has 1 amide bonds. The van der Waals surface area contributed by atoms with Crippen molar-refractivity contribution >= 4 is 18.1 Å². The highest BCUT2D eigenvalue weighted by Gasteiger charge is 2.27. The smallest absolute Gasteiger partial charge is 0.242 e. The van der Waals surface area contributed by atoms with Crippen LogP contribution in [0.5, 0.6) is 0 Å². The molecule has 1 aliphatic carbocycles. The predicted molar refractivity (Wildman–Crippen MR) is 112 cm³/mol. The minimum absolute atomic E-state index is 0.0353. The monoisotopic (exact) mass is 392 g/mol. The molecule has 2 aromatic carbocycles. The summed E-state index contributed by atoms with van der Waals surface area (Å²) in [5.74, 6) is 0.729. The lowest BCUT2D eigenvalue weighted by molar-refractivity contribution is -0.133. The third kappa shape index (κ3) is 3.52. The van der Waals surface area contributed by atoms with Crippen LogP contribution in [0.25, 0.3) is 11.4 Å². The minimum atomic E-state index is 0.0353. The first-order valence-electron chi connectivity index (χ1n) is 9.60. The number of hydrogen-bond donors (Lipinski definition) is 1. The Morgan fingerprint density at radius 1 is 1.29 bits per heavy atom. The van der Waals surface area contributed by atoms with E-state index in [0.29, 0.717) is 10.6 Å². The molecule has 1 atom stereocenters. The molecule has 3 aromatic rings. The van der Waals surface area contributed by atoms with Crippen LogP contribution in [0, 0.1) is 11.7 Å². The molecule has 0 spiro atoms. The van der Waals surface area contributed by atoms with Gasteiger partial charge in [0, 0.05) is 12.6 Å². The first-order chi connectivity index (χ1) is 13.5. The maximum Gasteiger partial charge on any atom is 0.242 e. The Morgan fingerprint density at radius 2 is 2.11 bits per heavy atom. The number of hydrogen-bond acceptors (Lipinski definition) is 3. The zero-order valence-electron chi connectivity index (χ0n) is 16.2. The summed E-state index contributed by atoms with van der Waals surface area (Å²) in [5, 5.41) is 7.20. The van der Waals surface area contributed by atoms with Crippen LogP contribution >= 0.6 is 12.2 Å². The minimum Gasteiger partial charge on any atom is -0.337 e. The van der Waals surface area contributed by atoms with Crippen molar-refractivity contribution in [1.82, 2.24) is 19.7 Å². The molecule has 0 radical (unpaired) electrons. The van der Waals surface area contributed by atoms with Crippen molar-refractivity contribution in [1.29, 1.82) is 0 Å². The van der Waals surface area contributed by atoms with Gasteiger partial charge in [-0.05, 0) is 55.6 Å². The Bertz CT molecular complexity index is 1070.